The zero-order valence-corrected chi connectivity index (χ0v) is 13.5. The average Bonchev–Trinajstić information content (AvgIpc) is 2.83. The van der Waals surface area contributed by atoms with Crippen LogP contribution >= 0.6 is 11.6 Å². The number of urea groups is 1. The van der Waals surface area contributed by atoms with E-state index >= 15 is 0 Å². The molecule has 8 heteroatoms. The Bertz CT molecular complexity index is 605. The number of benzene rings is 1. The molecule has 0 unspecified atom stereocenters. The number of carbonyl (C=O) groups is 3. The lowest BCUT2D eigenvalue weighted by Crippen LogP contribution is -2.34. The van der Waals surface area contributed by atoms with Gasteiger partial charge < -0.3 is 15.4 Å². The summed E-state index contributed by atoms with van der Waals surface area (Å²) >= 11 is 5.89. The lowest BCUT2D eigenvalue weighted by Gasteiger charge is -2.14. The number of carbonyl (C=O) groups excluding carboxylic acids is 3. The lowest BCUT2D eigenvalue weighted by molar-refractivity contribution is -0.138. The molecule has 1 aliphatic heterocycles. The van der Waals surface area contributed by atoms with E-state index in [0.717, 1.165) is 0 Å². The standard InChI is InChI=1S/C15H18ClN3O4/c1-23-12-4-3-10(16)9-11(12)18-15(22)17-7-2-8-19-13(20)5-6-14(19)21/h3-4,9H,2,5-8H2,1H3,(H2,17,18,22). The molecule has 0 spiro atoms. The highest BCUT2D eigenvalue weighted by Crippen LogP contribution is 2.27. The van der Waals surface area contributed by atoms with Crippen molar-refractivity contribution in [1.29, 1.82) is 0 Å². The summed E-state index contributed by atoms with van der Waals surface area (Å²) < 4.78 is 5.14. The van der Waals surface area contributed by atoms with Gasteiger partial charge in [0.2, 0.25) is 11.8 Å². The topological polar surface area (TPSA) is 87.7 Å². The summed E-state index contributed by atoms with van der Waals surface area (Å²) in [6.45, 7) is 0.657. The van der Waals surface area contributed by atoms with Crippen molar-refractivity contribution >= 4 is 35.1 Å². The predicted octanol–water partition coefficient (Wildman–Crippen LogP) is 2.01. The minimum absolute atomic E-state index is 0.150. The van der Waals surface area contributed by atoms with Crippen LogP contribution in [0.3, 0.4) is 0 Å². The zero-order chi connectivity index (χ0) is 16.8. The fourth-order valence-electron chi connectivity index (χ4n) is 2.26. The first-order valence-electron chi connectivity index (χ1n) is 7.23. The number of rotatable bonds is 6. The molecule has 0 saturated carbocycles. The second kappa shape index (κ2) is 7.82. The molecule has 7 nitrogen and oxygen atoms in total. The SMILES string of the molecule is COc1ccc(Cl)cc1NC(=O)NCCCN1C(=O)CCC1=O. The van der Waals surface area contributed by atoms with E-state index in [1.807, 2.05) is 0 Å². The van der Waals surface area contributed by atoms with Crippen molar-refractivity contribution in [3.05, 3.63) is 23.2 Å². The Kier molecular flexibility index (Phi) is 5.81. The molecule has 0 aromatic heterocycles. The first-order valence-corrected chi connectivity index (χ1v) is 7.60. The largest absolute Gasteiger partial charge is 0.495 e. The molecule has 0 bridgehead atoms. The third-order valence-electron chi connectivity index (χ3n) is 3.41. The molecule has 0 radical (unpaired) electrons. The monoisotopic (exact) mass is 339 g/mol. The summed E-state index contributed by atoms with van der Waals surface area (Å²) in [6.07, 6.45) is 1.06. The van der Waals surface area contributed by atoms with Crippen LogP contribution in [0.2, 0.25) is 5.02 Å². The Labute approximate surface area is 138 Å². The second-order valence-corrected chi connectivity index (χ2v) is 5.45. The van der Waals surface area contributed by atoms with Crippen molar-refractivity contribution < 1.29 is 19.1 Å². The Morgan fingerprint density at radius 2 is 2.00 bits per heavy atom. The van der Waals surface area contributed by atoms with Crippen LogP contribution in [0.25, 0.3) is 0 Å². The number of likely N-dealkylation sites (tertiary alicyclic amines) is 1. The Hall–Kier alpha value is -2.28. The number of imide groups is 1. The molecule has 2 rings (SSSR count). The van der Waals surface area contributed by atoms with Gasteiger partial charge in [0.05, 0.1) is 12.8 Å². The van der Waals surface area contributed by atoms with Gasteiger partial charge in [-0.3, -0.25) is 14.5 Å². The first kappa shape index (κ1) is 17.1. The van der Waals surface area contributed by atoms with E-state index in [2.05, 4.69) is 10.6 Å². The van der Waals surface area contributed by atoms with Gasteiger partial charge in [-0.2, -0.15) is 0 Å². The molecule has 1 heterocycles. The van der Waals surface area contributed by atoms with Gasteiger partial charge in [-0.1, -0.05) is 11.6 Å². The van der Waals surface area contributed by atoms with Crippen molar-refractivity contribution in [2.75, 3.05) is 25.5 Å². The number of anilines is 1. The Balaban J connectivity index is 1.76. The van der Waals surface area contributed by atoms with Crippen molar-refractivity contribution in [3.63, 3.8) is 0 Å². The third-order valence-corrected chi connectivity index (χ3v) is 3.64. The van der Waals surface area contributed by atoms with Crippen LogP contribution in [-0.2, 0) is 9.59 Å². The highest BCUT2D eigenvalue weighted by molar-refractivity contribution is 6.31. The fraction of sp³-hybridized carbons (Fsp3) is 0.400. The number of nitrogens with zero attached hydrogens (tertiary/aromatic N) is 1. The molecule has 124 valence electrons. The maximum Gasteiger partial charge on any atom is 0.319 e. The Morgan fingerprint density at radius 3 is 2.65 bits per heavy atom. The number of hydrogen-bond donors (Lipinski definition) is 2. The fourth-order valence-corrected chi connectivity index (χ4v) is 2.43. The van der Waals surface area contributed by atoms with Crippen molar-refractivity contribution in [3.8, 4) is 5.75 Å². The smallest absolute Gasteiger partial charge is 0.319 e. The molecular weight excluding hydrogens is 322 g/mol. The maximum atomic E-state index is 11.8. The number of nitrogens with one attached hydrogen (secondary N) is 2. The Morgan fingerprint density at radius 1 is 1.30 bits per heavy atom. The molecule has 1 fully saturated rings. The number of amides is 4. The van der Waals surface area contributed by atoms with E-state index in [0.29, 0.717) is 36.0 Å². The predicted molar refractivity (Wildman–Crippen MR) is 85.6 cm³/mol. The van der Waals surface area contributed by atoms with Gasteiger partial charge in [0.1, 0.15) is 5.75 Å². The minimum atomic E-state index is -0.412. The summed E-state index contributed by atoms with van der Waals surface area (Å²) in [5.41, 5.74) is 0.461. The van der Waals surface area contributed by atoms with Gasteiger partial charge in [0, 0.05) is 31.0 Å². The van der Waals surface area contributed by atoms with E-state index in [-0.39, 0.29) is 24.7 Å². The normalized spacial score (nSPS) is 14.1. The van der Waals surface area contributed by atoms with Gasteiger partial charge in [0.25, 0.3) is 0 Å². The summed E-state index contributed by atoms with van der Waals surface area (Å²) in [7, 11) is 1.50. The molecule has 0 atom stereocenters. The number of methoxy groups -OCH3 is 1. The minimum Gasteiger partial charge on any atom is -0.495 e. The molecule has 1 aromatic rings. The van der Waals surface area contributed by atoms with Crippen LogP contribution in [0.5, 0.6) is 5.75 Å². The molecule has 23 heavy (non-hydrogen) atoms. The van der Waals surface area contributed by atoms with E-state index in [9.17, 15) is 14.4 Å². The number of ether oxygens (including phenoxy) is 1. The number of hydrogen-bond acceptors (Lipinski definition) is 4. The van der Waals surface area contributed by atoms with E-state index in [1.54, 1.807) is 18.2 Å². The molecule has 1 aliphatic rings. The second-order valence-electron chi connectivity index (χ2n) is 5.02. The van der Waals surface area contributed by atoms with Gasteiger partial charge in [-0.05, 0) is 24.6 Å². The van der Waals surface area contributed by atoms with Crippen molar-refractivity contribution in [2.45, 2.75) is 19.3 Å². The van der Waals surface area contributed by atoms with Gasteiger partial charge in [0.15, 0.2) is 0 Å². The van der Waals surface area contributed by atoms with Crippen LogP contribution in [0.1, 0.15) is 19.3 Å². The average molecular weight is 340 g/mol. The van der Waals surface area contributed by atoms with Gasteiger partial charge in [-0.15, -0.1) is 0 Å². The van der Waals surface area contributed by atoms with E-state index < -0.39 is 6.03 Å². The van der Waals surface area contributed by atoms with Crippen LogP contribution in [-0.4, -0.2) is 42.9 Å². The number of halogens is 1. The quantitative estimate of drug-likeness (QED) is 0.613. The third kappa shape index (κ3) is 4.59. The summed E-state index contributed by atoms with van der Waals surface area (Å²) in [5, 5.41) is 5.78. The van der Waals surface area contributed by atoms with Crippen LogP contribution in [0.4, 0.5) is 10.5 Å². The van der Waals surface area contributed by atoms with Gasteiger partial charge >= 0.3 is 6.03 Å². The molecule has 1 aromatic carbocycles. The van der Waals surface area contributed by atoms with E-state index in [1.165, 1.54) is 12.0 Å². The van der Waals surface area contributed by atoms with Crippen LogP contribution < -0.4 is 15.4 Å². The van der Waals surface area contributed by atoms with Crippen molar-refractivity contribution in [2.24, 2.45) is 0 Å². The highest BCUT2D eigenvalue weighted by atomic mass is 35.5. The first-order chi connectivity index (χ1) is 11.0. The van der Waals surface area contributed by atoms with Gasteiger partial charge in [-0.25, -0.2) is 4.79 Å². The summed E-state index contributed by atoms with van der Waals surface area (Å²) in [5.74, 6) is 0.198. The lowest BCUT2D eigenvalue weighted by atomic mass is 10.3. The maximum absolute atomic E-state index is 11.8. The van der Waals surface area contributed by atoms with Crippen LogP contribution in [0, 0.1) is 0 Å². The molecule has 1 saturated heterocycles. The molecular formula is C15H18ClN3O4. The molecule has 4 amide bonds. The molecule has 2 N–H and O–H groups in total. The zero-order valence-electron chi connectivity index (χ0n) is 12.7. The summed E-state index contributed by atoms with van der Waals surface area (Å²) in [6, 6.07) is 4.49. The van der Waals surface area contributed by atoms with E-state index in [4.69, 9.17) is 16.3 Å². The molecule has 0 aliphatic carbocycles. The highest BCUT2D eigenvalue weighted by Gasteiger charge is 2.27. The summed E-state index contributed by atoms with van der Waals surface area (Å²) in [4.78, 5) is 36.0. The van der Waals surface area contributed by atoms with Crippen LogP contribution in [0.15, 0.2) is 18.2 Å². The van der Waals surface area contributed by atoms with Crippen molar-refractivity contribution in [1.82, 2.24) is 10.2 Å².